The maximum Gasteiger partial charge on any atom is 0.328 e. The molecule has 21 heavy (non-hydrogen) atoms. The van der Waals surface area contributed by atoms with E-state index in [-0.39, 0.29) is 17.2 Å². The Morgan fingerprint density at radius 2 is 2.24 bits per heavy atom. The Hall–Kier alpha value is -2.21. The standard InChI is InChI=1S/C15H18N2O4/c1-15(2)10-17(8-9-21-15)14(20)13-11(4-3-7-16-13)5-6-12(18)19/h3-7H,8-10H2,1-2H3,(H,18,19)/b6-5+. The molecule has 0 aliphatic carbocycles. The highest BCUT2D eigenvalue weighted by atomic mass is 16.5. The summed E-state index contributed by atoms with van der Waals surface area (Å²) in [6.45, 7) is 5.31. The molecule has 0 aromatic carbocycles. The van der Waals surface area contributed by atoms with Crippen molar-refractivity contribution in [2.24, 2.45) is 0 Å². The second kappa shape index (κ2) is 6.05. The molecule has 1 aromatic rings. The Morgan fingerprint density at radius 1 is 1.48 bits per heavy atom. The van der Waals surface area contributed by atoms with E-state index in [4.69, 9.17) is 9.84 Å². The zero-order valence-corrected chi connectivity index (χ0v) is 12.1. The Kier molecular flexibility index (Phi) is 4.37. The molecule has 0 unspecified atom stereocenters. The van der Waals surface area contributed by atoms with E-state index in [1.807, 2.05) is 13.8 Å². The van der Waals surface area contributed by atoms with Crippen LogP contribution in [0, 0.1) is 0 Å². The van der Waals surface area contributed by atoms with Gasteiger partial charge in [-0.3, -0.25) is 9.78 Å². The lowest BCUT2D eigenvalue weighted by molar-refractivity contribution is -0.131. The van der Waals surface area contributed by atoms with Crippen LogP contribution in [0.1, 0.15) is 29.9 Å². The number of rotatable bonds is 3. The number of nitrogens with zero attached hydrogens (tertiary/aromatic N) is 2. The van der Waals surface area contributed by atoms with Crippen LogP contribution in [0.3, 0.4) is 0 Å². The summed E-state index contributed by atoms with van der Waals surface area (Å²) in [4.78, 5) is 29.0. The van der Waals surface area contributed by atoms with Gasteiger partial charge in [0.05, 0.1) is 12.2 Å². The smallest absolute Gasteiger partial charge is 0.328 e. The van der Waals surface area contributed by atoms with Gasteiger partial charge in [-0.1, -0.05) is 6.07 Å². The first-order valence-corrected chi connectivity index (χ1v) is 6.68. The molecule has 1 aliphatic rings. The van der Waals surface area contributed by atoms with Crippen molar-refractivity contribution in [1.82, 2.24) is 9.88 Å². The maximum atomic E-state index is 12.6. The molecular weight excluding hydrogens is 272 g/mol. The molecule has 2 heterocycles. The SMILES string of the molecule is CC1(C)CN(C(=O)c2ncccc2/C=C/C(=O)O)CCO1. The zero-order chi connectivity index (χ0) is 15.5. The topological polar surface area (TPSA) is 79.7 Å². The van der Waals surface area contributed by atoms with Crippen LogP contribution in [0.15, 0.2) is 24.4 Å². The van der Waals surface area contributed by atoms with Gasteiger partial charge in [0.15, 0.2) is 0 Å². The number of carbonyl (C=O) groups is 2. The monoisotopic (exact) mass is 290 g/mol. The molecule has 1 fully saturated rings. The van der Waals surface area contributed by atoms with Crippen molar-refractivity contribution in [3.05, 3.63) is 35.7 Å². The third kappa shape index (κ3) is 3.88. The summed E-state index contributed by atoms with van der Waals surface area (Å²) < 4.78 is 5.58. The number of pyridine rings is 1. The molecule has 0 radical (unpaired) electrons. The maximum absolute atomic E-state index is 12.6. The summed E-state index contributed by atoms with van der Waals surface area (Å²) in [5.74, 6) is -1.28. The van der Waals surface area contributed by atoms with Gasteiger partial charge in [-0.2, -0.15) is 0 Å². The van der Waals surface area contributed by atoms with Crippen molar-refractivity contribution in [3.8, 4) is 0 Å². The van der Waals surface area contributed by atoms with Crippen LogP contribution in [-0.2, 0) is 9.53 Å². The normalized spacial score (nSPS) is 17.9. The first kappa shape index (κ1) is 15.2. The van der Waals surface area contributed by atoms with Gasteiger partial charge in [0.2, 0.25) is 0 Å². The molecule has 6 heteroatoms. The largest absolute Gasteiger partial charge is 0.478 e. The van der Waals surface area contributed by atoms with Gasteiger partial charge >= 0.3 is 5.97 Å². The van der Waals surface area contributed by atoms with E-state index in [0.717, 1.165) is 6.08 Å². The molecule has 0 saturated carbocycles. The van der Waals surface area contributed by atoms with Gasteiger partial charge < -0.3 is 14.7 Å². The van der Waals surface area contributed by atoms with E-state index in [1.54, 1.807) is 17.0 Å². The van der Waals surface area contributed by atoms with Gasteiger partial charge in [0.25, 0.3) is 5.91 Å². The molecule has 2 rings (SSSR count). The fourth-order valence-electron chi connectivity index (χ4n) is 2.23. The van der Waals surface area contributed by atoms with Crippen molar-refractivity contribution in [2.45, 2.75) is 19.4 Å². The third-order valence-corrected chi connectivity index (χ3v) is 3.16. The Bertz CT molecular complexity index is 581. The predicted octanol–water partition coefficient (Wildman–Crippen LogP) is 1.43. The summed E-state index contributed by atoms with van der Waals surface area (Å²) in [5, 5.41) is 8.70. The summed E-state index contributed by atoms with van der Waals surface area (Å²) in [7, 11) is 0. The van der Waals surface area contributed by atoms with E-state index < -0.39 is 5.97 Å². The average molecular weight is 290 g/mol. The summed E-state index contributed by atoms with van der Waals surface area (Å²) in [6.07, 6.45) is 3.90. The number of carbonyl (C=O) groups excluding carboxylic acids is 1. The molecule has 1 aliphatic heterocycles. The molecule has 1 aromatic heterocycles. The first-order chi connectivity index (χ1) is 9.89. The van der Waals surface area contributed by atoms with E-state index >= 15 is 0 Å². The Labute approximate surface area is 123 Å². The van der Waals surface area contributed by atoms with Crippen LogP contribution in [-0.4, -0.2) is 52.2 Å². The minimum Gasteiger partial charge on any atom is -0.478 e. The number of hydrogen-bond acceptors (Lipinski definition) is 4. The first-order valence-electron chi connectivity index (χ1n) is 6.68. The molecule has 0 spiro atoms. The van der Waals surface area contributed by atoms with Crippen molar-refractivity contribution in [1.29, 1.82) is 0 Å². The highest BCUT2D eigenvalue weighted by Crippen LogP contribution is 2.19. The fourth-order valence-corrected chi connectivity index (χ4v) is 2.23. The van der Waals surface area contributed by atoms with Gasteiger partial charge in [-0.25, -0.2) is 4.79 Å². The zero-order valence-electron chi connectivity index (χ0n) is 12.1. The van der Waals surface area contributed by atoms with E-state index in [9.17, 15) is 9.59 Å². The van der Waals surface area contributed by atoms with E-state index in [2.05, 4.69) is 4.98 Å². The number of carboxylic acid groups (broad SMARTS) is 1. The fraction of sp³-hybridized carbons (Fsp3) is 0.400. The molecule has 112 valence electrons. The molecule has 1 saturated heterocycles. The van der Waals surface area contributed by atoms with E-state index in [0.29, 0.717) is 25.3 Å². The number of amides is 1. The van der Waals surface area contributed by atoms with E-state index in [1.165, 1.54) is 12.3 Å². The van der Waals surface area contributed by atoms with Gasteiger partial charge in [0.1, 0.15) is 5.69 Å². The number of hydrogen-bond donors (Lipinski definition) is 1. The minimum atomic E-state index is -1.07. The third-order valence-electron chi connectivity index (χ3n) is 3.16. The second-order valence-corrected chi connectivity index (χ2v) is 5.45. The molecule has 0 atom stereocenters. The van der Waals surface area contributed by atoms with Crippen LogP contribution in [0.4, 0.5) is 0 Å². The van der Waals surface area contributed by atoms with Gasteiger partial charge in [0, 0.05) is 30.9 Å². The van der Waals surface area contributed by atoms with Crippen LogP contribution in [0.25, 0.3) is 6.08 Å². The van der Waals surface area contributed by atoms with Crippen LogP contribution >= 0.6 is 0 Å². The Morgan fingerprint density at radius 3 is 2.90 bits per heavy atom. The highest BCUT2D eigenvalue weighted by Gasteiger charge is 2.31. The van der Waals surface area contributed by atoms with Crippen LogP contribution in [0.5, 0.6) is 0 Å². The van der Waals surface area contributed by atoms with Gasteiger partial charge in [-0.15, -0.1) is 0 Å². The lowest BCUT2D eigenvalue weighted by atomic mass is 10.1. The minimum absolute atomic E-state index is 0.211. The van der Waals surface area contributed by atoms with Crippen LogP contribution < -0.4 is 0 Å². The quantitative estimate of drug-likeness (QED) is 0.852. The van der Waals surface area contributed by atoms with Crippen molar-refractivity contribution in [2.75, 3.05) is 19.7 Å². The number of aliphatic carboxylic acids is 1. The predicted molar refractivity (Wildman–Crippen MR) is 76.8 cm³/mol. The lowest BCUT2D eigenvalue weighted by Gasteiger charge is -2.38. The number of carboxylic acids is 1. The summed E-state index contributed by atoms with van der Waals surface area (Å²) >= 11 is 0. The summed E-state index contributed by atoms with van der Waals surface area (Å²) in [6, 6.07) is 3.34. The molecule has 1 amide bonds. The average Bonchev–Trinajstić information content (AvgIpc) is 2.43. The molecule has 1 N–H and O–H groups in total. The highest BCUT2D eigenvalue weighted by molar-refractivity contribution is 5.97. The number of morpholine rings is 1. The summed E-state index contributed by atoms with van der Waals surface area (Å²) in [5.41, 5.74) is 0.363. The lowest BCUT2D eigenvalue weighted by Crippen LogP contribution is -2.50. The number of ether oxygens (including phenoxy) is 1. The molecule has 6 nitrogen and oxygen atoms in total. The van der Waals surface area contributed by atoms with Crippen molar-refractivity contribution < 1.29 is 19.4 Å². The van der Waals surface area contributed by atoms with Crippen LogP contribution in [0.2, 0.25) is 0 Å². The van der Waals surface area contributed by atoms with Crippen molar-refractivity contribution in [3.63, 3.8) is 0 Å². The molecular formula is C15H18N2O4. The number of aromatic nitrogens is 1. The van der Waals surface area contributed by atoms with Gasteiger partial charge in [-0.05, 0) is 26.0 Å². The second-order valence-electron chi connectivity index (χ2n) is 5.45. The molecule has 0 bridgehead atoms. The van der Waals surface area contributed by atoms with Crippen molar-refractivity contribution >= 4 is 18.0 Å². The Balaban J connectivity index is 2.25.